The predicted octanol–water partition coefficient (Wildman–Crippen LogP) is -0.00920. The molecule has 0 saturated carbocycles. The smallest absolute Gasteiger partial charge is 0.271 e. The summed E-state index contributed by atoms with van der Waals surface area (Å²) in [4.78, 5) is 26.6. The first-order valence-corrected chi connectivity index (χ1v) is 9.00. The number of hydrogen-bond donors (Lipinski definition) is 2. The van der Waals surface area contributed by atoms with Crippen LogP contribution in [0.25, 0.3) is 22.3 Å². The molecule has 29 heavy (non-hydrogen) atoms. The maximum atomic E-state index is 12.2. The predicted molar refractivity (Wildman–Crippen MR) is 114 cm³/mol. The molecule has 0 unspecified atom stereocenters. The number of benzene rings is 1. The first kappa shape index (κ1) is 18.7. The molecule has 1 aliphatic rings. The number of aromatic nitrogens is 3. The summed E-state index contributed by atoms with van der Waals surface area (Å²) in [6.07, 6.45) is 0.0972. The van der Waals surface area contributed by atoms with Gasteiger partial charge in [0, 0.05) is 30.3 Å². The Labute approximate surface area is 168 Å². The van der Waals surface area contributed by atoms with E-state index < -0.39 is 11.5 Å². The maximum absolute atomic E-state index is 12.2. The molecular formula is C21H18BN5O2. The fraction of sp³-hybridized carbons (Fsp3) is 0.143. The third-order valence-electron chi connectivity index (χ3n) is 4.85. The molecule has 0 radical (unpaired) electrons. The standard InChI is InChI=1S/C21H18BN5O2/c1-12-11-21(29,19(28)27(12)2)9-8-13-4-3-5-14(10-13)15-6-7-16-17(24-15)18(23)26-20(22)25-16/h3-7,10,29H,1,11,22H2,2H3,(H2,23,25,26)/t21-/m0/s1. The van der Waals surface area contributed by atoms with Gasteiger partial charge in [0.1, 0.15) is 5.52 Å². The van der Waals surface area contributed by atoms with Crippen LogP contribution in [0.3, 0.4) is 0 Å². The van der Waals surface area contributed by atoms with Crippen LogP contribution in [0.1, 0.15) is 12.0 Å². The highest BCUT2D eigenvalue weighted by Crippen LogP contribution is 2.29. The monoisotopic (exact) mass is 383 g/mol. The van der Waals surface area contributed by atoms with E-state index in [2.05, 4.69) is 33.4 Å². The maximum Gasteiger partial charge on any atom is 0.271 e. The van der Waals surface area contributed by atoms with Crippen molar-refractivity contribution in [2.75, 3.05) is 12.8 Å². The number of amides is 1. The number of carbonyl (C=O) groups is 1. The summed E-state index contributed by atoms with van der Waals surface area (Å²) in [7, 11) is 3.36. The van der Waals surface area contributed by atoms with Gasteiger partial charge in [0.25, 0.3) is 5.91 Å². The Bertz CT molecular complexity index is 1250. The molecule has 1 atom stereocenters. The number of likely N-dealkylation sites (tertiary alicyclic amines) is 1. The molecule has 3 heterocycles. The molecule has 0 aliphatic carbocycles. The van der Waals surface area contributed by atoms with Crippen LogP contribution in [0, 0.1) is 11.8 Å². The van der Waals surface area contributed by atoms with E-state index >= 15 is 0 Å². The van der Waals surface area contributed by atoms with Gasteiger partial charge in [-0.3, -0.25) is 4.79 Å². The zero-order valence-electron chi connectivity index (χ0n) is 16.1. The average Bonchev–Trinajstić information content (AvgIpc) is 2.89. The summed E-state index contributed by atoms with van der Waals surface area (Å²) in [6.45, 7) is 3.78. The second-order valence-corrected chi connectivity index (χ2v) is 7.02. The molecule has 1 aromatic carbocycles. The molecule has 1 aliphatic heterocycles. The zero-order chi connectivity index (χ0) is 20.8. The highest BCUT2D eigenvalue weighted by atomic mass is 16.3. The number of aliphatic hydroxyl groups is 1. The molecule has 7 nitrogen and oxygen atoms in total. The largest absolute Gasteiger partial charge is 0.382 e. The quantitative estimate of drug-likeness (QED) is 0.453. The SMILES string of the molecule is Bc1nc(N)c2nc(-c3cccc(C#C[C@]4(O)CC(=C)N(C)C4=O)c3)ccc2n1. The van der Waals surface area contributed by atoms with Crippen LogP contribution in [0.15, 0.2) is 48.7 Å². The third-order valence-corrected chi connectivity index (χ3v) is 4.85. The van der Waals surface area contributed by atoms with Crippen molar-refractivity contribution in [1.82, 2.24) is 19.9 Å². The fourth-order valence-corrected chi connectivity index (χ4v) is 3.26. The van der Waals surface area contributed by atoms with Crippen LogP contribution in [0.5, 0.6) is 0 Å². The van der Waals surface area contributed by atoms with Gasteiger partial charge in [0.05, 0.1) is 16.9 Å². The van der Waals surface area contributed by atoms with Crippen molar-refractivity contribution in [3.63, 3.8) is 0 Å². The van der Waals surface area contributed by atoms with E-state index in [-0.39, 0.29) is 6.42 Å². The van der Waals surface area contributed by atoms with E-state index in [0.717, 1.165) is 5.56 Å². The topological polar surface area (TPSA) is 105 Å². The number of pyridine rings is 1. The van der Waals surface area contributed by atoms with Crippen molar-refractivity contribution in [3.05, 3.63) is 54.2 Å². The summed E-state index contributed by atoms with van der Waals surface area (Å²) in [6, 6.07) is 11.1. The second kappa shape index (κ2) is 6.72. The number of carbonyl (C=O) groups excluding carboxylic acids is 1. The Hall–Kier alpha value is -3.70. The molecule has 0 spiro atoms. The van der Waals surface area contributed by atoms with E-state index in [9.17, 15) is 9.90 Å². The number of nitrogens with two attached hydrogens (primary N) is 1. The van der Waals surface area contributed by atoms with E-state index in [4.69, 9.17) is 5.73 Å². The van der Waals surface area contributed by atoms with Crippen LogP contribution in [0.2, 0.25) is 0 Å². The van der Waals surface area contributed by atoms with E-state index in [1.807, 2.05) is 30.3 Å². The molecule has 3 N–H and O–H groups in total. The molecule has 1 fully saturated rings. The lowest BCUT2D eigenvalue weighted by Gasteiger charge is -2.12. The highest BCUT2D eigenvalue weighted by molar-refractivity contribution is 6.29. The number of rotatable bonds is 1. The summed E-state index contributed by atoms with van der Waals surface area (Å²) in [5.41, 5.74) is 8.78. The number of likely N-dealkylation sites (N-methyl/N-ethyl adjacent to an activating group) is 1. The van der Waals surface area contributed by atoms with Crippen LogP contribution in [0.4, 0.5) is 5.82 Å². The van der Waals surface area contributed by atoms with Crippen LogP contribution >= 0.6 is 0 Å². The van der Waals surface area contributed by atoms with Crippen molar-refractivity contribution < 1.29 is 9.90 Å². The molecule has 142 valence electrons. The van der Waals surface area contributed by atoms with Gasteiger partial charge in [-0.25, -0.2) is 15.0 Å². The second-order valence-electron chi connectivity index (χ2n) is 7.02. The van der Waals surface area contributed by atoms with Crippen LogP contribution in [-0.2, 0) is 4.79 Å². The lowest BCUT2D eigenvalue weighted by atomic mass is 10.0. The van der Waals surface area contributed by atoms with Crippen molar-refractivity contribution >= 4 is 36.3 Å². The number of nitrogens with zero attached hydrogens (tertiary/aromatic N) is 4. The molecule has 2 aromatic heterocycles. The fourth-order valence-electron chi connectivity index (χ4n) is 3.26. The van der Waals surface area contributed by atoms with E-state index in [0.29, 0.717) is 39.5 Å². The van der Waals surface area contributed by atoms with Crippen LogP contribution < -0.4 is 11.5 Å². The normalized spacial score (nSPS) is 18.8. The Balaban J connectivity index is 1.70. The number of hydrogen-bond acceptors (Lipinski definition) is 6. The van der Waals surface area contributed by atoms with Gasteiger partial charge in [-0.05, 0) is 24.3 Å². The number of fused-ring (bicyclic) bond motifs is 1. The summed E-state index contributed by atoms with van der Waals surface area (Å²) in [5, 5.41) is 10.6. The molecule has 0 bridgehead atoms. The summed E-state index contributed by atoms with van der Waals surface area (Å²) in [5.74, 6) is 5.47. The molecule has 4 rings (SSSR count). The van der Waals surface area contributed by atoms with Gasteiger partial charge in [-0.2, -0.15) is 0 Å². The van der Waals surface area contributed by atoms with Crippen molar-refractivity contribution in [2.24, 2.45) is 0 Å². The minimum atomic E-state index is -1.74. The lowest BCUT2D eigenvalue weighted by Crippen LogP contribution is -2.37. The summed E-state index contributed by atoms with van der Waals surface area (Å²) < 4.78 is 0. The van der Waals surface area contributed by atoms with Crippen molar-refractivity contribution in [1.29, 1.82) is 0 Å². The summed E-state index contributed by atoms with van der Waals surface area (Å²) >= 11 is 0. The molecule has 1 amide bonds. The average molecular weight is 383 g/mol. The lowest BCUT2D eigenvalue weighted by molar-refractivity contribution is -0.137. The Kier molecular flexibility index (Phi) is 4.33. The zero-order valence-corrected chi connectivity index (χ0v) is 16.1. The Morgan fingerprint density at radius 3 is 2.79 bits per heavy atom. The van der Waals surface area contributed by atoms with E-state index in [1.165, 1.54) is 4.90 Å². The van der Waals surface area contributed by atoms with Crippen LogP contribution in [-0.4, -0.2) is 51.4 Å². The van der Waals surface area contributed by atoms with Gasteiger partial charge in [0.15, 0.2) is 13.7 Å². The van der Waals surface area contributed by atoms with E-state index in [1.54, 1.807) is 21.0 Å². The molecule has 1 saturated heterocycles. The van der Waals surface area contributed by atoms with Crippen molar-refractivity contribution in [3.8, 4) is 23.1 Å². The van der Waals surface area contributed by atoms with Gasteiger partial charge < -0.3 is 15.7 Å². The third kappa shape index (κ3) is 3.32. The minimum absolute atomic E-state index is 0.0972. The van der Waals surface area contributed by atoms with Gasteiger partial charge >= 0.3 is 0 Å². The van der Waals surface area contributed by atoms with Gasteiger partial charge in [0.2, 0.25) is 5.60 Å². The number of nitrogen functional groups attached to an aromatic ring is 1. The minimum Gasteiger partial charge on any atom is -0.382 e. The molecular weight excluding hydrogens is 365 g/mol. The Morgan fingerprint density at radius 1 is 1.28 bits per heavy atom. The first-order valence-electron chi connectivity index (χ1n) is 9.00. The molecule has 3 aromatic rings. The number of anilines is 1. The molecule has 8 heteroatoms. The van der Waals surface area contributed by atoms with Gasteiger partial charge in [-0.1, -0.05) is 30.6 Å². The van der Waals surface area contributed by atoms with Gasteiger partial charge in [-0.15, -0.1) is 0 Å². The first-order chi connectivity index (χ1) is 13.8. The van der Waals surface area contributed by atoms with Crippen molar-refractivity contribution in [2.45, 2.75) is 12.0 Å². The highest BCUT2D eigenvalue weighted by Gasteiger charge is 2.44. The Morgan fingerprint density at radius 2 is 2.07 bits per heavy atom.